The van der Waals surface area contributed by atoms with Gasteiger partial charge in [0.05, 0.1) is 7.11 Å². The molecule has 1 aliphatic rings. The third-order valence-electron chi connectivity index (χ3n) is 3.59. The van der Waals surface area contributed by atoms with Crippen LogP contribution in [0.1, 0.15) is 12.0 Å². The van der Waals surface area contributed by atoms with E-state index < -0.39 is 23.7 Å². The number of aliphatic hydroxyl groups is 1. The molecule has 132 valence electrons. The van der Waals surface area contributed by atoms with Crippen LogP contribution in [0.4, 0.5) is 4.79 Å². The van der Waals surface area contributed by atoms with Crippen molar-refractivity contribution in [3.8, 4) is 0 Å². The van der Waals surface area contributed by atoms with Gasteiger partial charge in [0.1, 0.15) is 18.2 Å². The average molecular weight is 345 g/mol. The first kappa shape index (κ1) is 18.4. The number of allylic oxidation sites excluding steroid dienone is 2. The molecule has 1 aromatic carbocycles. The molecular weight excluding hydrogens is 326 g/mol. The first-order chi connectivity index (χ1) is 11.9. The molecule has 1 aromatic rings. The third-order valence-corrected chi connectivity index (χ3v) is 3.59. The van der Waals surface area contributed by atoms with Gasteiger partial charge in [0, 0.05) is 6.42 Å². The molecule has 0 unspecified atom stereocenters. The molecule has 1 amide bonds. The Hall–Kier alpha value is -2.93. The molecule has 0 bridgehead atoms. The lowest BCUT2D eigenvalue weighted by Crippen LogP contribution is -2.46. The van der Waals surface area contributed by atoms with Crippen molar-refractivity contribution in [2.24, 2.45) is 0 Å². The number of ether oxygens (including phenoxy) is 2. The van der Waals surface area contributed by atoms with E-state index in [2.05, 4.69) is 10.1 Å². The smallest absolute Gasteiger partial charge is 0.408 e. The number of nitrogens with one attached hydrogen (secondary N) is 1. The summed E-state index contributed by atoms with van der Waals surface area (Å²) in [6.45, 7) is 0.0408. The average Bonchev–Trinajstić information content (AvgIpc) is 2.62. The summed E-state index contributed by atoms with van der Waals surface area (Å²) in [5.74, 6) is -1.00. The van der Waals surface area contributed by atoms with E-state index in [1.807, 2.05) is 18.2 Å². The lowest BCUT2D eigenvalue weighted by molar-refractivity contribution is -0.144. The number of hydrogen-bond acceptors (Lipinski definition) is 6. The number of methoxy groups -OCH3 is 1. The van der Waals surface area contributed by atoms with Gasteiger partial charge in [-0.25, -0.2) is 9.59 Å². The zero-order valence-electron chi connectivity index (χ0n) is 13.7. The zero-order valence-corrected chi connectivity index (χ0v) is 13.7. The maximum atomic E-state index is 11.9. The Kier molecular flexibility index (Phi) is 6.08. The number of hydrogen-bond donors (Lipinski definition) is 2. The molecule has 25 heavy (non-hydrogen) atoms. The van der Waals surface area contributed by atoms with Crippen molar-refractivity contribution >= 4 is 17.8 Å². The van der Waals surface area contributed by atoms with Crippen molar-refractivity contribution in [3.05, 3.63) is 60.2 Å². The van der Waals surface area contributed by atoms with Crippen molar-refractivity contribution in [2.75, 3.05) is 7.11 Å². The van der Waals surface area contributed by atoms with Crippen LogP contribution in [0.5, 0.6) is 0 Å². The van der Waals surface area contributed by atoms with E-state index >= 15 is 0 Å². The number of carbonyl (C=O) groups is 3. The summed E-state index contributed by atoms with van der Waals surface area (Å²) < 4.78 is 9.71. The molecule has 0 spiro atoms. The minimum atomic E-state index is -1.54. The van der Waals surface area contributed by atoms with Crippen molar-refractivity contribution in [1.29, 1.82) is 0 Å². The maximum Gasteiger partial charge on any atom is 0.408 e. The van der Waals surface area contributed by atoms with Crippen molar-refractivity contribution < 1.29 is 29.0 Å². The maximum absolute atomic E-state index is 11.9. The zero-order chi connectivity index (χ0) is 18.3. The van der Waals surface area contributed by atoms with Gasteiger partial charge in [-0.15, -0.1) is 0 Å². The fourth-order valence-electron chi connectivity index (χ4n) is 2.27. The number of rotatable bonds is 6. The van der Waals surface area contributed by atoms with Gasteiger partial charge in [-0.3, -0.25) is 4.79 Å². The summed E-state index contributed by atoms with van der Waals surface area (Å²) in [7, 11) is 1.17. The molecule has 0 heterocycles. The fourth-order valence-corrected chi connectivity index (χ4v) is 2.27. The van der Waals surface area contributed by atoms with Crippen molar-refractivity contribution in [1.82, 2.24) is 5.32 Å². The summed E-state index contributed by atoms with van der Waals surface area (Å²) in [6, 6.07) is 7.91. The van der Waals surface area contributed by atoms with Crippen LogP contribution in [0.15, 0.2) is 54.6 Å². The van der Waals surface area contributed by atoms with E-state index in [0.717, 1.165) is 5.56 Å². The molecule has 1 atom stereocenters. The predicted molar refractivity (Wildman–Crippen MR) is 88.4 cm³/mol. The van der Waals surface area contributed by atoms with E-state index in [1.54, 1.807) is 12.1 Å². The molecule has 2 rings (SSSR count). The number of benzene rings is 1. The van der Waals surface area contributed by atoms with Crippen LogP contribution in [0, 0.1) is 0 Å². The van der Waals surface area contributed by atoms with Crippen LogP contribution in [-0.2, 0) is 25.7 Å². The molecular formula is C18H19NO6. The van der Waals surface area contributed by atoms with Gasteiger partial charge in [-0.05, 0) is 29.9 Å². The van der Waals surface area contributed by atoms with Gasteiger partial charge >= 0.3 is 12.1 Å². The summed E-state index contributed by atoms with van der Waals surface area (Å²) in [5, 5.41) is 12.8. The van der Waals surface area contributed by atoms with E-state index in [4.69, 9.17) is 4.74 Å². The summed E-state index contributed by atoms with van der Waals surface area (Å²) in [5.41, 5.74) is -0.748. The summed E-state index contributed by atoms with van der Waals surface area (Å²) >= 11 is 0. The second-order valence-electron chi connectivity index (χ2n) is 5.55. The SMILES string of the molecule is COC(=O)[C@H](CC1(O)C=CC(=O)C=C1)NC(=O)OCc1ccccc1. The number of carbonyl (C=O) groups excluding carboxylic acids is 3. The van der Waals surface area contributed by atoms with Crippen LogP contribution in [-0.4, -0.2) is 41.7 Å². The molecule has 1 aliphatic carbocycles. The lowest BCUT2D eigenvalue weighted by atomic mass is 9.90. The number of alkyl carbamates (subject to hydrolysis) is 1. The summed E-state index contributed by atoms with van der Waals surface area (Å²) in [4.78, 5) is 35.0. The van der Waals surface area contributed by atoms with Crippen LogP contribution >= 0.6 is 0 Å². The van der Waals surface area contributed by atoms with E-state index in [0.29, 0.717) is 0 Å². The highest BCUT2D eigenvalue weighted by molar-refractivity contribution is 6.00. The second-order valence-corrected chi connectivity index (χ2v) is 5.55. The predicted octanol–water partition coefficient (Wildman–Crippen LogP) is 1.27. The van der Waals surface area contributed by atoms with Crippen LogP contribution < -0.4 is 5.32 Å². The highest BCUT2D eigenvalue weighted by Crippen LogP contribution is 2.21. The number of amides is 1. The van der Waals surface area contributed by atoms with Gasteiger partial charge in [0.2, 0.25) is 0 Å². The first-order valence-corrected chi connectivity index (χ1v) is 7.62. The van der Waals surface area contributed by atoms with Crippen LogP contribution in [0.3, 0.4) is 0 Å². The molecule has 0 radical (unpaired) electrons. The number of ketones is 1. The monoisotopic (exact) mass is 345 g/mol. The Balaban J connectivity index is 1.96. The molecule has 0 aromatic heterocycles. The highest BCUT2D eigenvalue weighted by Gasteiger charge is 2.33. The molecule has 7 nitrogen and oxygen atoms in total. The Bertz CT molecular complexity index is 679. The molecule has 0 aliphatic heterocycles. The minimum absolute atomic E-state index is 0.0408. The number of esters is 1. The largest absolute Gasteiger partial charge is 0.467 e. The van der Waals surface area contributed by atoms with E-state index in [-0.39, 0.29) is 18.8 Å². The quantitative estimate of drug-likeness (QED) is 0.753. The first-order valence-electron chi connectivity index (χ1n) is 7.62. The van der Waals surface area contributed by atoms with Gasteiger partial charge in [-0.1, -0.05) is 30.3 Å². The minimum Gasteiger partial charge on any atom is -0.467 e. The Morgan fingerprint density at radius 1 is 1.20 bits per heavy atom. The molecule has 7 heteroatoms. The topological polar surface area (TPSA) is 102 Å². The molecule has 0 saturated heterocycles. The highest BCUT2D eigenvalue weighted by atomic mass is 16.6. The van der Waals surface area contributed by atoms with Gasteiger partial charge in [0.15, 0.2) is 5.78 Å². The molecule has 2 N–H and O–H groups in total. The van der Waals surface area contributed by atoms with E-state index in [9.17, 15) is 19.5 Å². The van der Waals surface area contributed by atoms with Crippen molar-refractivity contribution in [3.63, 3.8) is 0 Å². The van der Waals surface area contributed by atoms with Gasteiger partial charge in [-0.2, -0.15) is 0 Å². The molecule has 0 fully saturated rings. The van der Waals surface area contributed by atoms with Crippen molar-refractivity contribution in [2.45, 2.75) is 24.7 Å². The second kappa shape index (κ2) is 8.25. The Morgan fingerprint density at radius 3 is 2.44 bits per heavy atom. The Morgan fingerprint density at radius 2 is 1.84 bits per heavy atom. The van der Waals surface area contributed by atoms with Gasteiger partial charge in [0.25, 0.3) is 0 Å². The van der Waals surface area contributed by atoms with Crippen LogP contribution in [0.25, 0.3) is 0 Å². The van der Waals surface area contributed by atoms with Crippen LogP contribution in [0.2, 0.25) is 0 Å². The van der Waals surface area contributed by atoms with E-state index in [1.165, 1.54) is 31.4 Å². The fraction of sp³-hybridized carbons (Fsp3) is 0.278. The lowest BCUT2D eigenvalue weighted by Gasteiger charge is -2.27. The van der Waals surface area contributed by atoms with Gasteiger partial charge < -0.3 is 19.9 Å². The normalized spacial score (nSPS) is 16.2. The molecule has 0 saturated carbocycles. The Labute approximate surface area is 144 Å². The summed E-state index contributed by atoms with van der Waals surface area (Å²) in [6.07, 6.45) is 3.91. The third kappa shape index (κ3) is 5.58. The standard InChI is InChI=1S/C18H19NO6/c1-24-16(21)15(11-18(23)9-7-14(20)8-10-18)19-17(22)25-12-13-5-3-2-4-6-13/h2-10,15,23H,11-12H2,1H3,(H,19,22)/t15-/m0/s1.